The van der Waals surface area contributed by atoms with Gasteiger partial charge in [-0.05, 0) is 55.2 Å². The lowest BCUT2D eigenvalue weighted by molar-refractivity contribution is -0.122. The number of carbonyl (C=O) groups excluding carboxylic acids is 1. The van der Waals surface area contributed by atoms with Crippen LogP contribution in [0.1, 0.15) is 30.9 Å². The number of hydrogen-bond acceptors (Lipinski definition) is 3. The first-order chi connectivity index (χ1) is 14.5. The molecule has 1 amide bonds. The van der Waals surface area contributed by atoms with Crippen molar-refractivity contribution in [1.29, 1.82) is 0 Å². The van der Waals surface area contributed by atoms with E-state index in [1.807, 2.05) is 37.3 Å². The van der Waals surface area contributed by atoms with Gasteiger partial charge in [0.25, 0.3) is 5.91 Å². The monoisotopic (exact) mass is 540 g/mol. The fourth-order valence-electron chi connectivity index (χ4n) is 3.34. The summed E-state index contributed by atoms with van der Waals surface area (Å²) >= 11 is 0. The van der Waals surface area contributed by atoms with Gasteiger partial charge in [0.2, 0.25) is 0 Å². The Kier molecular flexibility index (Phi) is 9.54. The number of halogens is 2. The maximum Gasteiger partial charge on any atom is 0.257 e. The minimum absolute atomic E-state index is 0. The molecule has 6 nitrogen and oxygen atoms in total. The number of aliphatic imine (C=N–C) groups is 1. The van der Waals surface area contributed by atoms with Gasteiger partial charge in [0, 0.05) is 32.1 Å². The van der Waals surface area contributed by atoms with Gasteiger partial charge in [0.05, 0.1) is 0 Å². The largest absolute Gasteiger partial charge is 0.484 e. The van der Waals surface area contributed by atoms with E-state index in [-0.39, 0.29) is 47.7 Å². The Hall–Kier alpha value is -2.36. The number of carbonyl (C=O) groups is 1. The molecule has 3 rings (SSSR count). The fraction of sp³-hybridized carbons (Fsp3) is 0.391. The van der Waals surface area contributed by atoms with E-state index < -0.39 is 0 Å². The van der Waals surface area contributed by atoms with Gasteiger partial charge in [-0.3, -0.25) is 9.79 Å². The third-order valence-corrected chi connectivity index (χ3v) is 5.21. The number of benzene rings is 2. The maximum atomic E-state index is 13.6. The van der Waals surface area contributed by atoms with E-state index in [1.165, 1.54) is 6.07 Å². The first-order valence-electron chi connectivity index (χ1n) is 10.2. The Bertz CT molecular complexity index is 903. The van der Waals surface area contributed by atoms with Gasteiger partial charge in [0.1, 0.15) is 11.6 Å². The molecular formula is C23H30FIN4O2. The van der Waals surface area contributed by atoms with Crippen molar-refractivity contribution in [2.45, 2.75) is 31.7 Å². The number of nitrogens with zero attached hydrogens (tertiary/aromatic N) is 1. The van der Waals surface area contributed by atoms with Crippen molar-refractivity contribution in [1.82, 2.24) is 16.0 Å². The van der Waals surface area contributed by atoms with Gasteiger partial charge >= 0.3 is 0 Å². The van der Waals surface area contributed by atoms with Crippen LogP contribution in [0.5, 0.6) is 5.75 Å². The van der Waals surface area contributed by atoms with Crippen molar-refractivity contribution in [3.05, 3.63) is 65.5 Å². The summed E-state index contributed by atoms with van der Waals surface area (Å²) in [6.07, 6.45) is 2.07. The number of ether oxygens (including phenoxy) is 1. The van der Waals surface area contributed by atoms with Crippen molar-refractivity contribution in [2.24, 2.45) is 4.99 Å². The SMILES string of the molecule is CCNC(=O)COc1cccc(CNC(=NC)NCC2(c3cccc(F)c3)CC2)c1.I. The lowest BCUT2D eigenvalue weighted by Gasteiger charge is -2.19. The Morgan fingerprint density at radius 2 is 1.90 bits per heavy atom. The second-order valence-electron chi connectivity index (χ2n) is 7.46. The molecule has 2 aromatic carbocycles. The molecule has 0 atom stereocenters. The van der Waals surface area contributed by atoms with Crippen LogP contribution in [0.25, 0.3) is 0 Å². The molecule has 2 aromatic rings. The number of amides is 1. The summed E-state index contributed by atoms with van der Waals surface area (Å²) in [4.78, 5) is 15.8. The van der Waals surface area contributed by atoms with E-state index in [2.05, 4.69) is 20.9 Å². The zero-order valence-corrected chi connectivity index (χ0v) is 20.2. The zero-order valence-electron chi connectivity index (χ0n) is 17.9. The highest BCUT2D eigenvalue weighted by molar-refractivity contribution is 14.0. The van der Waals surface area contributed by atoms with Crippen LogP contribution in [0.15, 0.2) is 53.5 Å². The third kappa shape index (κ3) is 7.37. The normalized spacial score (nSPS) is 14.2. The quantitative estimate of drug-likeness (QED) is 0.259. The standard InChI is InChI=1S/C23H29FN4O2.HI/c1-3-26-21(29)15-30-20-9-4-6-17(12-20)14-27-22(25-2)28-16-23(10-11-23)18-7-5-8-19(24)13-18;/h4-9,12-13H,3,10-11,14-16H2,1-2H3,(H,26,29)(H2,25,27,28);1H. The van der Waals surface area contributed by atoms with Crippen LogP contribution in [0, 0.1) is 5.82 Å². The molecule has 0 radical (unpaired) electrons. The molecule has 0 bridgehead atoms. The zero-order chi connectivity index (χ0) is 21.4. The summed E-state index contributed by atoms with van der Waals surface area (Å²) in [5.41, 5.74) is 2.02. The molecule has 0 aliphatic heterocycles. The Morgan fingerprint density at radius 1 is 1.13 bits per heavy atom. The molecule has 1 aliphatic rings. The molecule has 0 spiro atoms. The lowest BCUT2D eigenvalue weighted by atomic mass is 9.96. The predicted octanol–water partition coefficient (Wildman–Crippen LogP) is 3.36. The van der Waals surface area contributed by atoms with Crippen molar-refractivity contribution in [3.63, 3.8) is 0 Å². The van der Waals surface area contributed by atoms with Crippen LogP contribution >= 0.6 is 24.0 Å². The smallest absolute Gasteiger partial charge is 0.257 e. The fourth-order valence-corrected chi connectivity index (χ4v) is 3.34. The van der Waals surface area contributed by atoms with Gasteiger partial charge < -0.3 is 20.7 Å². The van der Waals surface area contributed by atoms with E-state index in [1.54, 1.807) is 19.2 Å². The first-order valence-corrected chi connectivity index (χ1v) is 10.2. The minimum atomic E-state index is -0.199. The van der Waals surface area contributed by atoms with E-state index in [0.717, 1.165) is 24.0 Å². The lowest BCUT2D eigenvalue weighted by Crippen LogP contribution is -2.40. The molecule has 3 N–H and O–H groups in total. The summed E-state index contributed by atoms with van der Waals surface area (Å²) in [5, 5.41) is 9.36. The summed E-state index contributed by atoms with van der Waals surface area (Å²) in [5.74, 6) is 0.992. The molecule has 1 aliphatic carbocycles. The molecule has 0 heterocycles. The molecule has 0 unspecified atom stereocenters. The van der Waals surface area contributed by atoms with Gasteiger partial charge in [-0.25, -0.2) is 4.39 Å². The molecule has 31 heavy (non-hydrogen) atoms. The van der Waals surface area contributed by atoms with Crippen molar-refractivity contribution >= 4 is 35.8 Å². The highest BCUT2D eigenvalue weighted by Gasteiger charge is 2.44. The van der Waals surface area contributed by atoms with Crippen LogP contribution in [0.2, 0.25) is 0 Å². The van der Waals surface area contributed by atoms with Crippen LogP contribution < -0.4 is 20.7 Å². The molecule has 1 saturated carbocycles. The van der Waals surface area contributed by atoms with E-state index >= 15 is 0 Å². The van der Waals surface area contributed by atoms with Crippen LogP contribution in [0.3, 0.4) is 0 Å². The summed E-state index contributed by atoms with van der Waals surface area (Å²) in [6, 6.07) is 14.4. The Labute approximate surface area is 200 Å². The first kappa shape index (κ1) is 24.9. The van der Waals surface area contributed by atoms with Crippen LogP contribution in [-0.2, 0) is 16.8 Å². The van der Waals surface area contributed by atoms with E-state index in [9.17, 15) is 9.18 Å². The van der Waals surface area contributed by atoms with Crippen molar-refractivity contribution < 1.29 is 13.9 Å². The van der Waals surface area contributed by atoms with E-state index in [0.29, 0.717) is 31.3 Å². The topological polar surface area (TPSA) is 74.8 Å². The Morgan fingerprint density at radius 3 is 2.58 bits per heavy atom. The average Bonchev–Trinajstić information content (AvgIpc) is 3.54. The van der Waals surface area contributed by atoms with Gasteiger partial charge in [-0.2, -0.15) is 0 Å². The Balaban J connectivity index is 0.00000341. The molecule has 168 valence electrons. The van der Waals surface area contributed by atoms with Crippen molar-refractivity contribution in [2.75, 3.05) is 26.7 Å². The second-order valence-corrected chi connectivity index (χ2v) is 7.46. The summed E-state index contributed by atoms with van der Waals surface area (Å²) in [7, 11) is 1.73. The highest BCUT2D eigenvalue weighted by Crippen LogP contribution is 2.47. The number of guanidine groups is 1. The van der Waals surface area contributed by atoms with Gasteiger partial charge in [-0.1, -0.05) is 24.3 Å². The minimum Gasteiger partial charge on any atom is -0.484 e. The molecule has 1 fully saturated rings. The molecular weight excluding hydrogens is 510 g/mol. The molecule has 0 saturated heterocycles. The molecule has 8 heteroatoms. The number of hydrogen-bond donors (Lipinski definition) is 3. The highest BCUT2D eigenvalue weighted by atomic mass is 127. The van der Waals surface area contributed by atoms with Crippen LogP contribution in [-0.4, -0.2) is 38.6 Å². The second kappa shape index (κ2) is 11.9. The average molecular weight is 540 g/mol. The predicted molar refractivity (Wildman–Crippen MR) is 132 cm³/mol. The summed E-state index contributed by atoms with van der Waals surface area (Å²) < 4.78 is 19.1. The van der Waals surface area contributed by atoms with Gasteiger partial charge in [-0.15, -0.1) is 24.0 Å². The summed E-state index contributed by atoms with van der Waals surface area (Å²) in [6.45, 7) is 3.71. The molecule has 0 aromatic heterocycles. The number of likely N-dealkylation sites (N-methyl/N-ethyl adjacent to an activating group) is 1. The number of rotatable bonds is 9. The maximum absolute atomic E-state index is 13.6. The van der Waals surface area contributed by atoms with Gasteiger partial charge in [0.15, 0.2) is 12.6 Å². The van der Waals surface area contributed by atoms with Crippen molar-refractivity contribution in [3.8, 4) is 5.75 Å². The third-order valence-electron chi connectivity index (χ3n) is 5.21. The number of nitrogens with one attached hydrogen (secondary N) is 3. The van der Waals surface area contributed by atoms with E-state index in [4.69, 9.17) is 4.74 Å². The van der Waals surface area contributed by atoms with Crippen LogP contribution in [0.4, 0.5) is 4.39 Å².